The molecule has 252 valence electrons. The van der Waals surface area contributed by atoms with E-state index >= 15 is 0 Å². The number of nitrogens with one attached hydrogen (secondary N) is 1. The van der Waals surface area contributed by atoms with Crippen LogP contribution in [0.5, 0.6) is 11.5 Å². The van der Waals surface area contributed by atoms with Gasteiger partial charge in [-0.25, -0.2) is 9.78 Å². The molecule has 1 unspecified atom stereocenters. The van der Waals surface area contributed by atoms with E-state index in [2.05, 4.69) is 39.7 Å². The lowest BCUT2D eigenvalue weighted by Gasteiger charge is -2.37. The van der Waals surface area contributed by atoms with Crippen molar-refractivity contribution in [1.82, 2.24) is 15.2 Å². The number of fused-ring (bicyclic) bond motifs is 1. The number of amides is 1. The van der Waals surface area contributed by atoms with Gasteiger partial charge in [0.05, 0.1) is 37.9 Å². The number of halogens is 1. The predicted octanol–water partition coefficient (Wildman–Crippen LogP) is 5.88. The fraction of sp³-hybridized carbons (Fsp3) is 0.629. The largest absolute Gasteiger partial charge is 0.497 e. The normalized spacial score (nSPS) is 26.3. The Balaban J connectivity index is 1.32. The number of ether oxygens (including phenoxy) is 4. The Bertz CT molecular complexity index is 1390. The summed E-state index contributed by atoms with van der Waals surface area (Å²) >= 11 is 3.52. The number of benzene rings is 1. The summed E-state index contributed by atoms with van der Waals surface area (Å²) in [5.41, 5.74) is 0.292. The molecule has 2 heterocycles. The highest BCUT2D eigenvalue weighted by Gasteiger charge is 2.47. The van der Waals surface area contributed by atoms with Crippen molar-refractivity contribution in [3.8, 4) is 11.5 Å². The zero-order chi connectivity index (χ0) is 32.8. The highest BCUT2D eigenvalue weighted by Crippen LogP contribution is 2.42. The SMILES string of the molecule is C=CCCC[C@@H]1CCC[C@]1(C)OC(O)N[C@H](C(=O)N1C[C@H](Oc2cc3cc(OC)ccc3nc2Br)C[C@H]1C(=O)OC)C1CCCC1. The van der Waals surface area contributed by atoms with Gasteiger partial charge in [-0.05, 0) is 104 Å². The van der Waals surface area contributed by atoms with E-state index in [-0.39, 0.29) is 24.8 Å². The third-order valence-electron chi connectivity index (χ3n) is 10.1. The Morgan fingerprint density at radius 3 is 2.72 bits per heavy atom. The van der Waals surface area contributed by atoms with E-state index in [1.54, 1.807) is 12.0 Å². The van der Waals surface area contributed by atoms with Gasteiger partial charge in [-0.2, -0.15) is 0 Å². The lowest BCUT2D eigenvalue weighted by atomic mass is 9.88. The summed E-state index contributed by atoms with van der Waals surface area (Å²) in [7, 11) is 2.94. The molecule has 1 amide bonds. The molecule has 2 aromatic rings. The van der Waals surface area contributed by atoms with Gasteiger partial charge in [-0.3, -0.25) is 10.1 Å². The predicted molar refractivity (Wildman–Crippen MR) is 178 cm³/mol. The minimum Gasteiger partial charge on any atom is -0.497 e. The summed E-state index contributed by atoms with van der Waals surface area (Å²) in [6, 6.07) is 5.93. The van der Waals surface area contributed by atoms with E-state index in [0.29, 0.717) is 22.0 Å². The van der Waals surface area contributed by atoms with Gasteiger partial charge >= 0.3 is 5.97 Å². The third-order valence-corrected chi connectivity index (χ3v) is 10.7. The van der Waals surface area contributed by atoms with E-state index in [1.807, 2.05) is 30.3 Å². The molecule has 46 heavy (non-hydrogen) atoms. The van der Waals surface area contributed by atoms with Gasteiger partial charge in [0.1, 0.15) is 22.5 Å². The van der Waals surface area contributed by atoms with Crippen LogP contribution in [-0.4, -0.2) is 77.8 Å². The van der Waals surface area contributed by atoms with Gasteiger partial charge < -0.3 is 29.0 Å². The molecule has 1 aromatic heterocycles. The minimum atomic E-state index is -1.32. The molecular weight excluding hydrogens is 654 g/mol. The summed E-state index contributed by atoms with van der Waals surface area (Å²) in [6.07, 6.45) is 10.1. The first-order chi connectivity index (χ1) is 22.1. The van der Waals surface area contributed by atoms with Crippen LogP contribution in [-0.2, 0) is 19.1 Å². The molecule has 0 spiro atoms. The Morgan fingerprint density at radius 2 is 2.00 bits per heavy atom. The van der Waals surface area contributed by atoms with Gasteiger partial charge in [0, 0.05) is 11.8 Å². The van der Waals surface area contributed by atoms with E-state index in [4.69, 9.17) is 18.9 Å². The first-order valence-corrected chi connectivity index (χ1v) is 17.4. The average molecular weight is 703 g/mol. The van der Waals surface area contributed by atoms with Crippen molar-refractivity contribution in [2.24, 2.45) is 11.8 Å². The molecule has 11 heteroatoms. The second-order valence-electron chi connectivity index (χ2n) is 13.1. The fourth-order valence-electron chi connectivity index (χ4n) is 7.63. The second kappa shape index (κ2) is 15.4. The summed E-state index contributed by atoms with van der Waals surface area (Å²) in [5.74, 6) is 0.795. The summed E-state index contributed by atoms with van der Waals surface area (Å²) in [5, 5.41) is 15.3. The lowest BCUT2D eigenvalue weighted by Crippen LogP contribution is -2.57. The van der Waals surface area contributed by atoms with Crippen molar-refractivity contribution in [2.45, 2.75) is 108 Å². The molecule has 1 saturated heterocycles. The number of carbonyl (C=O) groups is 2. The molecule has 3 fully saturated rings. The number of aliphatic hydroxyl groups excluding tert-OH is 1. The van der Waals surface area contributed by atoms with Gasteiger partial charge in [0.15, 0.2) is 5.75 Å². The zero-order valence-corrected chi connectivity index (χ0v) is 28.8. The first kappa shape index (κ1) is 34.6. The molecule has 2 N–H and O–H groups in total. The Morgan fingerprint density at radius 1 is 1.22 bits per heavy atom. The van der Waals surface area contributed by atoms with Crippen LogP contribution in [0.15, 0.2) is 41.5 Å². The maximum absolute atomic E-state index is 14.4. The molecule has 1 aromatic carbocycles. The van der Waals surface area contributed by atoms with E-state index < -0.39 is 36.2 Å². The molecule has 6 atom stereocenters. The molecular formula is C35H48BrN3O7. The first-order valence-electron chi connectivity index (χ1n) is 16.6. The number of nitrogens with zero attached hydrogens (tertiary/aromatic N) is 2. The minimum absolute atomic E-state index is 0.0117. The van der Waals surface area contributed by atoms with E-state index in [0.717, 1.165) is 75.1 Å². The van der Waals surface area contributed by atoms with Crippen molar-refractivity contribution < 1.29 is 33.6 Å². The van der Waals surface area contributed by atoms with Crippen LogP contribution in [0.1, 0.15) is 77.6 Å². The topological polar surface area (TPSA) is 119 Å². The summed E-state index contributed by atoms with van der Waals surface area (Å²) in [6.45, 7) is 6.09. The van der Waals surface area contributed by atoms with Crippen molar-refractivity contribution in [2.75, 3.05) is 20.8 Å². The molecule has 5 rings (SSSR count). The van der Waals surface area contributed by atoms with Crippen LogP contribution in [0, 0.1) is 11.8 Å². The maximum Gasteiger partial charge on any atom is 0.328 e. The summed E-state index contributed by atoms with van der Waals surface area (Å²) in [4.78, 5) is 33.5. The number of allylic oxidation sites excluding steroid dienone is 1. The van der Waals surface area contributed by atoms with Crippen LogP contribution < -0.4 is 14.8 Å². The number of aliphatic hydroxyl groups is 1. The number of unbranched alkanes of at least 4 members (excludes halogenated alkanes) is 1. The average Bonchev–Trinajstić information content (AvgIpc) is 3.80. The van der Waals surface area contributed by atoms with Crippen molar-refractivity contribution in [3.05, 3.63) is 41.5 Å². The van der Waals surface area contributed by atoms with Crippen LogP contribution >= 0.6 is 15.9 Å². The number of pyridine rings is 1. The van der Waals surface area contributed by atoms with Gasteiger partial charge in [-0.15, -0.1) is 6.58 Å². The molecule has 10 nitrogen and oxygen atoms in total. The summed E-state index contributed by atoms with van der Waals surface area (Å²) < 4.78 is 23.7. The van der Waals surface area contributed by atoms with Gasteiger partial charge in [-0.1, -0.05) is 25.3 Å². The zero-order valence-electron chi connectivity index (χ0n) is 27.2. The molecule has 1 aliphatic heterocycles. The van der Waals surface area contributed by atoms with Crippen LogP contribution in [0.4, 0.5) is 0 Å². The molecule has 3 aliphatic rings. The van der Waals surface area contributed by atoms with Crippen LogP contribution in [0.2, 0.25) is 0 Å². The number of aromatic nitrogens is 1. The van der Waals surface area contributed by atoms with Crippen molar-refractivity contribution in [3.63, 3.8) is 0 Å². The lowest BCUT2D eigenvalue weighted by molar-refractivity contribution is -0.212. The van der Waals surface area contributed by atoms with Crippen molar-refractivity contribution >= 4 is 38.7 Å². The third kappa shape index (κ3) is 7.86. The molecule has 0 radical (unpaired) electrons. The monoisotopic (exact) mass is 701 g/mol. The number of rotatable bonds is 14. The highest BCUT2D eigenvalue weighted by atomic mass is 79.9. The van der Waals surface area contributed by atoms with Crippen LogP contribution in [0.3, 0.4) is 0 Å². The number of methoxy groups -OCH3 is 2. The smallest absolute Gasteiger partial charge is 0.328 e. The number of carbonyl (C=O) groups excluding carboxylic acids is 2. The van der Waals surface area contributed by atoms with E-state index in [9.17, 15) is 14.7 Å². The van der Waals surface area contributed by atoms with Gasteiger partial charge in [0.25, 0.3) is 0 Å². The highest BCUT2D eigenvalue weighted by molar-refractivity contribution is 9.10. The molecule has 2 aliphatic carbocycles. The molecule has 2 saturated carbocycles. The molecule has 0 bridgehead atoms. The number of likely N-dealkylation sites (tertiary alicyclic amines) is 1. The standard InChI is InChI=1S/C35H48BrN3O7/c1-5-6-7-13-24-14-10-17-35(24,2)46-34(42)38-30(22-11-8-9-12-22)32(40)39-21-26(20-28(39)33(41)44-4)45-29-19-23-18-25(43-3)15-16-27(23)37-31(29)36/h5,15-16,18-19,22,24,26,28,30,34,38,42H,1,6-14,17,20-21H2,2-4H3/t24-,26-,28+,30+,34?,35+/m1/s1. The van der Waals surface area contributed by atoms with Gasteiger partial charge in [0.2, 0.25) is 12.3 Å². The second-order valence-corrected chi connectivity index (χ2v) is 13.9. The Hall–Kier alpha value is -2.73. The number of hydrogen-bond donors (Lipinski definition) is 2. The quantitative estimate of drug-likeness (QED) is 0.0818. The van der Waals surface area contributed by atoms with Crippen molar-refractivity contribution in [1.29, 1.82) is 0 Å². The number of hydrogen-bond acceptors (Lipinski definition) is 9. The maximum atomic E-state index is 14.4. The van der Waals surface area contributed by atoms with Crippen LogP contribution in [0.25, 0.3) is 10.9 Å². The Kier molecular flexibility index (Phi) is 11.6. The Labute approximate surface area is 280 Å². The number of esters is 1. The fourth-order valence-corrected chi connectivity index (χ4v) is 8.03. The van der Waals surface area contributed by atoms with E-state index in [1.165, 1.54) is 7.11 Å².